The third-order valence-electron chi connectivity index (χ3n) is 3.60. The van der Waals surface area contributed by atoms with E-state index in [0.717, 1.165) is 24.9 Å². The number of nitrogens with one attached hydrogen (secondary N) is 1. The Labute approximate surface area is 139 Å². The molecule has 1 aromatic carbocycles. The summed E-state index contributed by atoms with van der Waals surface area (Å²) in [7, 11) is -1.86. The number of rotatable bonds is 8. The molecule has 0 unspecified atom stereocenters. The normalized spacial score (nSPS) is 12.9. The first-order chi connectivity index (χ1) is 10.8. The Hall–Kier alpha value is -1.60. The molecule has 0 atom stereocenters. The second kappa shape index (κ2) is 8.88. The van der Waals surface area contributed by atoms with Crippen molar-refractivity contribution in [3.05, 3.63) is 29.8 Å². The molecule has 0 bridgehead atoms. The second-order valence-electron chi connectivity index (χ2n) is 5.74. The summed E-state index contributed by atoms with van der Waals surface area (Å²) in [5, 5.41) is 3.04. The van der Waals surface area contributed by atoms with E-state index in [1.807, 2.05) is 13.8 Å². The Bertz CT molecular complexity index is 609. The number of guanidine groups is 1. The first kappa shape index (κ1) is 19.4. The van der Waals surface area contributed by atoms with E-state index in [2.05, 4.69) is 17.2 Å². The Balaban J connectivity index is 2.72. The van der Waals surface area contributed by atoms with Crippen LogP contribution in [0.25, 0.3) is 0 Å². The van der Waals surface area contributed by atoms with Gasteiger partial charge in [-0.15, -0.1) is 0 Å². The Morgan fingerprint density at radius 3 is 2.43 bits per heavy atom. The van der Waals surface area contributed by atoms with Gasteiger partial charge in [0.15, 0.2) is 5.96 Å². The van der Waals surface area contributed by atoms with Gasteiger partial charge in [0.05, 0.1) is 11.4 Å². The largest absolute Gasteiger partial charge is 0.370 e. The van der Waals surface area contributed by atoms with E-state index in [1.54, 1.807) is 31.3 Å². The molecular formula is C16H28N4O2S. The highest BCUT2D eigenvalue weighted by molar-refractivity contribution is 7.89. The van der Waals surface area contributed by atoms with Crippen LogP contribution in [0.2, 0.25) is 0 Å². The minimum Gasteiger partial charge on any atom is -0.370 e. The van der Waals surface area contributed by atoms with Crippen molar-refractivity contribution < 1.29 is 8.42 Å². The minimum atomic E-state index is -3.44. The Morgan fingerprint density at radius 2 is 1.91 bits per heavy atom. The predicted octanol–water partition coefficient (Wildman–Crippen LogP) is 1.92. The van der Waals surface area contributed by atoms with Gasteiger partial charge in [-0.2, -0.15) is 4.31 Å². The van der Waals surface area contributed by atoms with Gasteiger partial charge in [-0.25, -0.2) is 13.4 Å². The van der Waals surface area contributed by atoms with E-state index in [-0.39, 0.29) is 10.9 Å². The summed E-state index contributed by atoms with van der Waals surface area (Å²) in [5.74, 6) is 0.412. The lowest BCUT2D eigenvalue weighted by molar-refractivity contribution is 0.410. The summed E-state index contributed by atoms with van der Waals surface area (Å²) in [5.41, 5.74) is 6.68. The van der Waals surface area contributed by atoms with Gasteiger partial charge in [-0.05, 0) is 38.0 Å². The van der Waals surface area contributed by atoms with E-state index in [1.165, 1.54) is 4.31 Å². The zero-order chi connectivity index (χ0) is 17.5. The van der Waals surface area contributed by atoms with Crippen LogP contribution in [0.4, 0.5) is 0 Å². The third kappa shape index (κ3) is 5.84. The summed E-state index contributed by atoms with van der Waals surface area (Å²) >= 11 is 0. The van der Waals surface area contributed by atoms with Crippen molar-refractivity contribution in [3.8, 4) is 0 Å². The summed E-state index contributed by atoms with van der Waals surface area (Å²) in [4.78, 5) is 4.53. The van der Waals surface area contributed by atoms with Crippen LogP contribution >= 0.6 is 0 Å². The average Bonchev–Trinajstić information content (AvgIpc) is 2.52. The molecule has 3 N–H and O–H groups in total. The molecule has 0 heterocycles. The van der Waals surface area contributed by atoms with Gasteiger partial charge in [0.1, 0.15) is 0 Å². The standard InChI is InChI=1S/C16H28N4O2S/c1-5-6-11-18-16(17)19-12-14-7-9-15(10-8-14)23(21,22)20(4)13(2)3/h7-10,13H,5-6,11-12H2,1-4H3,(H3,17,18,19). The smallest absolute Gasteiger partial charge is 0.243 e. The number of nitrogens with zero attached hydrogens (tertiary/aromatic N) is 2. The molecule has 1 aromatic rings. The van der Waals surface area contributed by atoms with Crippen molar-refractivity contribution >= 4 is 16.0 Å². The van der Waals surface area contributed by atoms with Gasteiger partial charge < -0.3 is 11.1 Å². The second-order valence-corrected chi connectivity index (χ2v) is 7.74. The molecule has 0 radical (unpaired) electrons. The predicted molar refractivity (Wildman–Crippen MR) is 94.8 cm³/mol. The highest BCUT2D eigenvalue weighted by atomic mass is 32.2. The molecule has 23 heavy (non-hydrogen) atoms. The van der Waals surface area contributed by atoms with Gasteiger partial charge >= 0.3 is 0 Å². The quantitative estimate of drug-likeness (QED) is 0.430. The molecule has 0 fully saturated rings. The molecule has 0 aliphatic rings. The highest BCUT2D eigenvalue weighted by Crippen LogP contribution is 2.17. The summed E-state index contributed by atoms with van der Waals surface area (Å²) in [6, 6.07) is 6.67. The summed E-state index contributed by atoms with van der Waals surface area (Å²) in [6.45, 7) is 7.03. The van der Waals surface area contributed by atoms with Crippen molar-refractivity contribution in [3.63, 3.8) is 0 Å². The van der Waals surface area contributed by atoms with Gasteiger partial charge in [-0.3, -0.25) is 0 Å². The topological polar surface area (TPSA) is 87.8 Å². The maximum atomic E-state index is 12.4. The molecule has 0 aromatic heterocycles. The molecular weight excluding hydrogens is 312 g/mol. The van der Waals surface area contributed by atoms with E-state index < -0.39 is 10.0 Å². The molecule has 0 saturated heterocycles. The van der Waals surface area contributed by atoms with Gasteiger partial charge in [0.2, 0.25) is 10.0 Å². The zero-order valence-electron chi connectivity index (χ0n) is 14.4. The lowest BCUT2D eigenvalue weighted by Gasteiger charge is -2.21. The van der Waals surface area contributed by atoms with Crippen LogP contribution in [0, 0.1) is 0 Å². The van der Waals surface area contributed by atoms with Crippen LogP contribution < -0.4 is 11.1 Å². The van der Waals surface area contributed by atoms with Gasteiger partial charge in [0.25, 0.3) is 0 Å². The molecule has 1 rings (SSSR count). The van der Waals surface area contributed by atoms with Crippen molar-refractivity contribution in [2.45, 2.75) is 51.1 Å². The van der Waals surface area contributed by atoms with Crippen LogP contribution in [-0.4, -0.2) is 38.3 Å². The maximum absolute atomic E-state index is 12.4. The summed E-state index contributed by atoms with van der Waals surface area (Å²) in [6.07, 6.45) is 2.15. The van der Waals surface area contributed by atoms with E-state index in [9.17, 15) is 8.42 Å². The fraction of sp³-hybridized carbons (Fsp3) is 0.562. The maximum Gasteiger partial charge on any atom is 0.243 e. The minimum absolute atomic E-state index is 0.0849. The van der Waals surface area contributed by atoms with Crippen molar-refractivity contribution in [2.24, 2.45) is 10.7 Å². The number of hydrogen-bond donors (Lipinski definition) is 2. The van der Waals surface area contributed by atoms with Gasteiger partial charge in [0, 0.05) is 19.6 Å². The van der Waals surface area contributed by atoms with E-state index >= 15 is 0 Å². The Kier molecular flexibility index (Phi) is 7.51. The fourth-order valence-electron chi connectivity index (χ4n) is 1.84. The number of hydrogen-bond acceptors (Lipinski definition) is 3. The molecule has 7 heteroatoms. The number of aliphatic imine (C=N–C) groups is 1. The third-order valence-corrected chi connectivity index (χ3v) is 5.64. The number of unbranched alkanes of at least 4 members (excludes halogenated alkanes) is 1. The van der Waals surface area contributed by atoms with Crippen LogP contribution in [0.3, 0.4) is 0 Å². The monoisotopic (exact) mass is 340 g/mol. The summed E-state index contributed by atoms with van der Waals surface area (Å²) < 4.78 is 26.1. The average molecular weight is 340 g/mol. The zero-order valence-corrected chi connectivity index (χ0v) is 15.2. The molecule has 0 aliphatic heterocycles. The molecule has 0 amide bonds. The van der Waals surface area contributed by atoms with Crippen molar-refractivity contribution in [1.82, 2.24) is 9.62 Å². The molecule has 0 spiro atoms. The Morgan fingerprint density at radius 1 is 1.30 bits per heavy atom. The number of nitrogens with two attached hydrogens (primary N) is 1. The molecule has 0 saturated carbocycles. The van der Waals surface area contributed by atoms with E-state index in [0.29, 0.717) is 12.5 Å². The molecule has 6 nitrogen and oxygen atoms in total. The lowest BCUT2D eigenvalue weighted by Crippen LogP contribution is -2.33. The lowest BCUT2D eigenvalue weighted by atomic mass is 10.2. The van der Waals surface area contributed by atoms with Gasteiger partial charge in [-0.1, -0.05) is 25.5 Å². The van der Waals surface area contributed by atoms with Crippen molar-refractivity contribution in [1.29, 1.82) is 0 Å². The van der Waals surface area contributed by atoms with Crippen molar-refractivity contribution in [2.75, 3.05) is 13.6 Å². The fourth-order valence-corrected chi connectivity index (χ4v) is 3.20. The van der Waals surface area contributed by atoms with E-state index in [4.69, 9.17) is 5.73 Å². The first-order valence-corrected chi connectivity index (χ1v) is 9.33. The van der Waals surface area contributed by atoms with Crippen LogP contribution in [0.1, 0.15) is 39.2 Å². The highest BCUT2D eigenvalue weighted by Gasteiger charge is 2.22. The molecule has 0 aliphatic carbocycles. The van der Waals surface area contributed by atoms with Crippen LogP contribution in [-0.2, 0) is 16.6 Å². The van der Waals surface area contributed by atoms with Crippen LogP contribution in [0.5, 0.6) is 0 Å². The molecule has 130 valence electrons. The SMILES string of the molecule is CCCCNC(N)=NCc1ccc(S(=O)(=O)N(C)C(C)C)cc1. The number of benzene rings is 1. The number of sulfonamides is 1. The van der Waals surface area contributed by atoms with Crippen LogP contribution in [0.15, 0.2) is 34.2 Å². The first-order valence-electron chi connectivity index (χ1n) is 7.89.